The van der Waals surface area contributed by atoms with E-state index in [-0.39, 0.29) is 23.6 Å². The standard InChI is InChI=1S/C27H26ClN3O3/c28-23-13-11-20(12-14-23)26(33)30-24-10-4-8-21(16-24)27(34)31-15-5-9-22(18-31)25(32)29-17-19-6-2-1-3-7-19/h1-4,6-8,10-14,16,22H,5,9,15,17-18H2,(H,29,32)(H,30,33). The van der Waals surface area contributed by atoms with Gasteiger partial charge in [-0.25, -0.2) is 0 Å². The molecule has 1 heterocycles. The summed E-state index contributed by atoms with van der Waals surface area (Å²) >= 11 is 5.88. The van der Waals surface area contributed by atoms with Crippen LogP contribution in [0, 0.1) is 5.92 Å². The SMILES string of the molecule is O=C(Nc1cccc(C(=O)N2CCCC(C(=O)NCc3ccccc3)C2)c1)c1ccc(Cl)cc1. The first kappa shape index (κ1) is 23.5. The second kappa shape index (κ2) is 11.0. The molecule has 6 nitrogen and oxygen atoms in total. The Kier molecular flexibility index (Phi) is 7.60. The van der Waals surface area contributed by atoms with E-state index in [0.29, 0.717) is 41.5 Å². The first-order chi connectivity index (χ1) is 16.5. The molecule has 34 heavy (non-hydrogen) atoms. The van der Waals surface area contributed by atoms with Crippen molar-refractivity contribution < 1.29 is 14.4 Å². The molecular formula is C27H26ClN3O3. The van der Waals surface area contributed by atoms with Crippen LogP contribution in [0.3, 0.4) is 0 Å². The monoisotopic (exact) mass is 475 g/mol. The van der Waals surface area contributed by atoms with E-state index >= 15 is 0 Å². The van der Waals surface area contributed by atoms with Crippen LogP contribution in [0.4, 0.5) is 5.69 Å². The smallest absolute Gasteiger partial charge is 0.255 e. The molecule has 0 aliphatic carbocycles. The van der Waals surface area contributed by atoms with Crippen LogP contribution in [-0.4, -0.2) is 35.7 Å². The molecule has 1 saturated heterocycles. The van der Waals surface area contributed by atoms with E-state index in [1.807, 2.05) is 30.3 Å². The molecule has 1 aliphatic heterocycles. The van der Waals surface area contributed by atoms with Crippen LogP contribution >= 0.6 is 11.6 Å². The molecular weight excluding hydrogens is 450 g/mol. The number of halogens is 1. The molecule has 7 heteroatoms. The molecule has 3 aromatic carbocycles. The van der Waals surface area contributed by atoms with Crippen LogP contribution in [0.25, 0.3) is 0 Å². The maximum Gasteiger partial charge on any atom is 0.255 e. The van der Waals surface area contributed by atoms with Crippen molar-refractivity contribution in [3.05, 3.63) is 101 Å². The molecule has 174 valence electrons. The first-order valence-corrected chi connectivity index (χ1v) is 11.7. The summed E-state index contributed by atoms with van der Waals surface area (Å²) in [5.41, 5.74) is 2.51. The highest BCUT2D eigenvalue weighted by Crippen LogP contribution is 2.21. The van der Waals surface area contributed by atoms with Gasteiger partial charge in [0.1, 0.15) is 0 Å². The number of rotatable bonds is 6. The summed E-state index contributed by atoms with van der Waals surface area (Å²) in [4.78, 5) is 40.1. The lowest BCUT2D eigenvalue weighted by Crippen LogP contribution is -2.45. The Morgan fingerprint density at radius 1 is 0.912 bits per heavy atom. The topological polar surface area (TPSA) is 78.5 Å². The number of carbonyl (C=O) groups excluding carboxylic acids is 3. The number of nitrogens with one attached hydrogen (secondary N) is 2. The highest BCUT2D eigenvalue weighted by molar-refractivity contribution is 6.30. The van der Waals surface area contributed by atoms with Gasteiger partial charge in [0, 0.05) is 41.5 Å². The fraction of sp³-hybridized carbons (Fsp3) is 0.222. The van der Waals surface area contributed by atoms with E-state index in [0.717, 1.165) is 18.4 Å². The van der Waals surface area contributed by atoms with Gasteiger partial charge in [0.2, 0.25) is 5.91 Å². The number of benzene rings is 3. The van der Waals surface area contributed by atoms with E-state index < -0.39 is 0 Å². The van der Waals surface area contributed by atoms with Gasteiger partial charge < -0.3 is 15.5 Å². The van der Waals surface area contributed by atoms with Gasteiger partial charge in [0.15, 0.2) is 0 Å². The Bertz CT molecular complexity index is 1170. The number of carbonyl (C=O) groups is 3. The second-order valence-corrected chi connectivity index (χ2v) is 8.77. The lowest BCUT2D eigenvalue weighted by atomic mass is 9.96. The zero-order chi connectivity index (χ0) is 23.9. The van der Waals surface area contributed by atoms with E-state index in [1.54, 1.807) is 53.4 Å². The fourth-order valence-electron chi connectivity index (χ4n) is 4.02. The molecule has 2 N–H and O–H groups in total. The zero-order valence-corrected chi connectivity index (χ0v) is 19.4. The van der Waals surface area contributed by atoms with Gasteiger partial charge in [-0.3, -0.25) is 14.4 Å². The first-order valence-electron chi connectivity index (χ1n) is 11.3. The van der Waals surface area contributed by atoms with Crippen LogP contribution < -0.4 is 10.6 Å². The van der Waals surface area contributed by atoms with Crippen LogP contribution in [0.15, 0.2) is 78.9 Å². The summed E-state index contributed by atoms with van der Waals surface area (Å²) in [5, 5.41) is 6.36. The molecule has 0 radical (unpaired) electrons. The Labute approximate surface area is 203 Å². The van der Waals surface area contributed by atoms with E-state index in [1.165, 1.54) is 0 Å². The molecule has 3 aromatic rings. The summed E-state index contributed by atoms with van der Waals surface area (Å²) in [6.07, 6.45) is 1.52. The number of hydrogen-bond acceptors (Lipinski definition) is 3. The fourth-order valence-corrected chi connectivity index (χ4v) is 4.15. The summed E-state index contributed by atoms with van der Waals surface area (Å²) in [5.74, 6) is -0.711. The molecule has 4 rings (SSSR count). The van der Waals surface area contributed by atoms with Crippen molar-refractivity contribution in [1.82, 2.24) is 10.2 Å². The second-order valence-electron chi connectivity index (χ2n) is 8.34. The van der Waals surface area contributed by atoms with Gasteiger partial charge in [0.25, 0.3) is 11.8 Å². The maximum absolute atomic E-state index is 13.2. The summed E-state index contributed by atoms with van der Waals surface area (Å²) in [7, 11) is 0. The zero-order valence-electron chi connectivity index (χ0n) is 18.7. The van der Waals surface area contributed by atoms with Gasteiger partial charge in [-0.05, 0) is 60.9 Å². The van der Waals surface area contributed by atoms with Crippen molar-refractivity contribution in [3.8, 4) is 0 Å². The van der Waals surface area contributed by atoms with Crippen molar-refractivity contribution in [2.45, 2.75) is 19.4 Å². The van der Waals surface area contributed by atoms with Crippen molar-refractivity contribution in [1.29, 1.82) is 0 Å². The minimum atomic E-state index is -0.283. The molecule has 1 aliphatic rings. The quantitative estimate of drug-likeness (QED) is 0.539. The maximum atomic E-state index is 13.2. The highest BCUT2D eigenvalue weighted by Gasteiger charge is 2.29. The lowest BCUT2D eigenvalue weighted by Gasteiger charge is -2.32. The van der Waals surface area contributed by atoms with Crippen LogP contribution in [-0.2, 0) is 11.3 Å². The van der Waals surface area contributed by atoms with Gasteiger partial charge in [-0.2, -0.15) is 0 Å². The molecule has 3 amide bonds. The predicted octanol–water partition coefficient (Wildman–Crippen LogP) is 4.76. The molecule has 0 bridgehead atoms. The Morgan fingerprint density at radius 3 is 2.44 bits per heavy atom. The molecule has 1 unspecified atom stereocenters. The van der Waals surface area contributed by atoms with Crippen molar-refractivity contribution in [2.24, 2.45) is 5.92 Å². The number of likely N-dealkylation sites (tertiary alicyclic amines) is 1. The number of piperidine rings is 1. The van der Waals surface area contributed by atoms with E-state index in [2.05, 4.69) is 10.6 Å². The molecule has 0 spiro atoms. The minimum absolute atomic E-state index is 0.0367. The van der Waals surface area contributed by atoms with Gasteiger partial charge in [0.05, 0.1) is 5.92 Å². The van der Waals surface area contributed by atoms with Crippen LogP contribution in [0.1, 0.15) is 39.1 Å². The number of amides is 3. The van der Waals surface area contributed by atoms with E-state index in [9.17, 15) is 14.4 Å². The molecule has 0 aromatic heterocycles. The van der Waals surface area contributed by atoms with Crippen LogP contribution in [0.2, 0.25) is 5.02 Å². The average Bonchev–Trinajstić information content (AvgIpc) is 2.88. The van der Waals surface area contributed by atoms with E-state index in [4.69, 9.17) is 11.6 Å². The number of anilines is 1. The lowest BCUT2D eigenvalue weighted by molar-refractivity contribution is -0.126. The predicted molar refractivity (Wildman–Crippen MR) is 133 cm³/mol. The van der Waals surface area contributed by atoms with Gasteiger partial charge in [-0.1, -0.05) is 48.0 Å². The third-order valence-corrected chi connectivity index (χ3v) is 6.11. The average molecular weight is 476 g/mol. The Morgan fingerprint density at radius 2 is 1.68 bits per heavy atom. The van der Waals surface area contributed by atoms with Gasteiger partial charge >= 0.3 is 0 Å². The summed E-state index contributed by atoms with van der Waals surface area (Å²) < 4.78 is 0. The Balaban J connectivity index is 1.36. The number of hydrogen-bond donors (Lipinski definition) is 2. The highest BCUT2D eigenvalue weighted by atomic mass is 35.5. The largest absolute Gasteiger partial charge is 0.352 e. The third kappa shape index (κ3) is 6.02. The Hall–Kier alpha value is -3.64. The minimum Gasteiger partial charge on any atom is -0.352 e. The summed E-state index contributed by atoms with van der Waals surface area (Å²) in [6.45, 7) is 1.45. The summed E-state index contributed by atoms with van der Waals surface area (Å²) in [6, 6.07) is 23.2. The third-order valence-electron chi connectivity index (χ3n) is 5.86. The molecule has 0 saturated carbocycles. The van der Waals surface area contributed by atoms with Crippen molar-refractivity contribution >= 4 is 35.0 Å². The molecule has 1 atom stereocenters. The van der Waals surface area contributed by atoms with Crippen molar-refractivity contribution in [2.75, 3.05) is 18.4 Å². The van der Waals surface area contributed by atoms with Gasteiger partial charge in [-0.15, -0.1) is 0 Å². The van der Waals surface area contributed by atoms with Crippen LogP contribution in [0.5, 0.6) is 0 Å². The number of nitrogens with zero attached hydrogens (tertiary/aromatic N) is 1. The van der Waals surface area contributed by atoms with Crippen molar-refractivity contribution in [3.63, 3.8) is 0 Å². The normalized spacial score (nSPS) is 15.4. The molecule has 1 fully saturated rings.